The van der Waals surface area contributed by atoms with Crippen LogP contribution in [0.5, 0.6) is 0 Å². The smallest absolute Gasteiger partial charge is 0.358 e. The maximum atomic E-state index is 13.1. The highest BCUT2D eigenvalue weighted by molar-refractivity contribution is 5.90. The van der Waals surface area contributed by atoms with Crippen LogP contribution in [0, 0.1) is 12.3 Å². The molecule has 0 radical (unpaired) electrons. The van der Waals surface area contributed by atoms with Gasteiger partial charge in [-0.25, -0.2) is 14.3 Å². The van der Waals surface area contributed by atoms with E-state index in [1.165, 1.54) is 24.7 Å². The summed E-state index contributed by atoms with van der Waals surface area (Å²) >= 11 is 0. The van der Waals surface area contributed by atoms with Crippen LogP contribution in [-0.4, -0.2) is 26.1 Å². The summed E-state index contributed by atoms with van der Waals surface area (Å²) < 4.78 is 40.2. The molecule has 126 valence electrons. The summed E-state index contributed by atoms with van der Waals surface area (Å²) in [6, 6.07) is 3.01. The van der Waals surface area contributed by atoms with Crippen LogP contribution in [0.25, 0.3) is 16.7 Å². The van der Waals surface area contributed by atoms with Crippen LogP contribution in [0.2, 0.25) is 0 Å². The Morgan fingerprint density at radius 1 is 1.28 bits per heavy atom. The normalized spacial score (nSPS) is 11.3. The van der Waals surface area contributed by atoms with E-state index in [9.17, 15) is 18.0 Å². The average molecular weight is 345 g/mol. The van der Waals surface area contributed by atoms with Crippen molar-refractivity contribution >= 4 is 16.7 Å². The number of hydrogen-bond acceptors (Lipinski definition) is 5. The van der Waals surface area contributed by atoms with Crippen LogP contribution < -0.4 is 11.0 Å². The number of hydrogen-bond donors (Lipinski definition) is 1. The first-order valence-corrected chi connectivity index (χ1v) is 6.99. The Hall–Kier alpha value is -3.41. The van der Waals surface area contributed by atoms with Gasteiger partial charge in [0.05, 0.1) is 23.8 Å². The first-order valence-electron chi connectivity index (χ1n) is 6.99. The Bertz CT molecular complexity index is 1020. The van der Waals surface area contributed by atoms with Crippen molar-refractivity contribution in [3.8, 4) is 18.2 Å². The van der Waals surface area contributed by atoms with Crippen LogP contribution >= 0.6 is 0 Å². The molecule has 1 N–H and O–H groups in total. The van der Waals surface area contributed by atoms with Crippen molar-refractivity contribution in [2.24, 2.45) is 0 Å². The summed E-state index contributed by atoms with van der Waals surface area (Å²) in [5.41, 5.74) is -1.70. The van der Waals surface area contributed by atoms with Gasteiger partial charge in [-0.3, -0.25) is 4.98 Å². The van der Waals surface area contributed by atoms with Crippen LogP contribution in [0.15, 0.2) is 41.6 Å². The third-order valence-corrected chi connectivity index (χ3v) is 3.36. The number of anilines is 1. The highest BCUT2D eigenvalue weighted by atomic mass is 19.4. The lowest BCUT2D eigenvalue weighted by Crippen LogP contribution is -2.25. The summed E-state index contributed by atoms with van der Waals surface area (Å²) in [5, 5.41) is 3.04. The second-order valence-electron chi connectivity index (χ2n) is 4.93. The second kappa shape index (κ2) is 6.24. The first-order chi connectivity index (χ1) is 11.9. The molecule has 0 unspecified atom stereocenters. The minimum absolute atomic E-state index is 0.00477. The number of halogens is 3. The lowest BCUT2D eigenvalue weighted by molar-refractivity contribution is -0.137. The lowest BCUT2D eigenvalue weighted by atomic mass is 10.1. The van der Waals surface area contributed by atoms with Crippen LogP contribution in [-0.2, 0) is 6.18 Å². The van der Waals surface area contributed by atoms with Crippen molar-refractivity contribution in [2.45, 2.75) is 6.18 Å². The van der Waals surface area contributed by atoms with E-state index in [-0.39, 0.29) is 23.7 Å². The van der Waals surface area contributed by atoms with Gasteiger partial charge >= 0.3 is 11.9 Å². The maximum absolute atomic E-state index is 13.1. The Kier molecular flexibility index (Phi) is 4.10. The first kappa shape index (κ1) is 16.4. The molecule has 3 aromatic rings. The minimum atomic E-state index is -4.56. The standard InChI is InChI=1S/C16H10F3N5O/c1-2-5-22-14-11-4-3-10(16(17,18)19)8-12(11)24(15(25)23-14)13-9-20-6-7-21-13/h1,3-4,6-9H,5H2,(H,22,23,25). The maximum Gasteiger partial charge on any atom is 0.416 e. The fourth-order valence-corrected chi connectivity index (χ4v) is 2.30. The number of aromatic nitrogens is 4. The minimum Gasteiger partial charge on any atom is -0.358 e. The molecule has 2 heterocycles. The number of nitrogens with zero attached hydrogens (tertiary/aromatic N) is 4. The van der Waals surface area contributed by atoms with E-state index in [0.717, 1.165) is 16.7 Å². The SMILES string of the molecule is C#CCNc1nc(=O)n(-c2cnccn2)c2cc(C(F)(F)F)ccc12. The monoisotopic (exact) mass is 345 g/mol. The number of alkyl halides is 3. The summed E-state index contributed by atoms with van der Waals surface area (Å²) in [4.78, 5) is 24.1. The van der Waals surface area contributed by atoms with E-state index in [2.05, 4.69) is 26.2 Å². The van der Waals surface area contributed by atoms with Gasteiger partial charge in [0, 0.05) is 17.8 Å². The highest BCUT2D eigenvalue weighted by Gasteiger charge is 2.31. The molecule has 2 aromatic heterocycles. The summed E-state index contributed by atoms with van der Waals surface area (Å²) in [6.07, 6.45) is 4.58. The Labute approximate surface area is 139 Å². The van der Waals surface area contributed by atoms with E-state index >= 15 is 0 Å². The van der Waals surface area contributed by atoms with Crippen molar-refractivity contribution in [3.63, 3.8) is 0 Å². The third kappa shape index (κ3) is 3.14. The van der Waals surface area contributed by atoms with Gasteiger partial charge in [-0.2, -0.15) is 18.2 Å². The molecule has 9 heteroatoms. The molecular formula is C16H10F3N5O. The van der Waals surface area contributed by atoms with Gasteiger partial charge in [-0.1, -0.05) is 5.92 Å². The van der Waals surface area contributed by atoms with Crippen molar-refractivity contribution in [3.05, 3.63) is 52.8 Å². The molecule has 0 spiro atoms. The molecule has 0 saturated heterocycles. The fraction of sp³-hybridized carbons (Fsp3) is 0.125. The van der Waals surface area contributed by atoms with Gasteiger partial charge in [0.25, 0.3) is 0 Å². The van der Waals surface area contributed by atoms with Crippen LogP contribution in [0.3, 0.4) is 0 Å². The summed E-state index contributed by atoms with van der Waals surface area (Å²) in [7, 11) is 0. The molecule has 0 aliphatic heterocycles. The van der Waals surface area contributed by atoms with E-state index in [1.54, 1.807) is 0 Å². The van der Waals surface area contributed by atoms with Gasteiger partial charge in [-0.05, 0) is 18.2 Å². The zero-order valence-corrected chi connectivity index (χ0v) is 12.6. The van der Waals surface area contributed by atoms with Crippen molar-refractivity contribution in [2.75, 3.05) is 11.9 Å². The number of rotatable bonds is 3. The fourth-order valence-electron chi connectivity index (χ4n) is 2.30. The zero-order valence-electron chi connectivity index (χ0n) is 12.6. The number of terminal acetylenes is 1. The van der Waals surface area contributed by atoms with Crippen molar-refractivity contribution in [1.29, 1.82) is 0 Å². The number of benzene rings is 1. The molecule has 0 bridgehead atoms. The third-order valence-electron chi connectivity index (χ3n) is 3.36. The molecule has 0 aliphatic carbocycles. The predicted octanol–water partition coefficient (Wildman–Crippen LogP) is 2.24. The molecule has 0 amide bonds. The predicted molar refractivity (Wildman–Crippen MR) is 85.3 cm³/mol. The molecule has 0 saturated carbocycles. The van der Waals surface area contributed by atoms with Crippen molar-refractivity contribution in [1.82, 2.24) is 19.5 Å². The Balaban J connectivity index is 2.36. The second-order valence-corrected chi connectivity index (χ2v) is 4.93. The average Bonchev–Trinajstić information content (AvgIpc) is 2.59. The van der Waals surface area contributed by atoms with Gasteiger partial charge in [-0.15, -0.1) is 6.42 Å². The number of nitrogens with one attached hydrogen (secondary N) is 1. The quantitative estimate of drug-likeness (QED) is 0.737. The van der Waals surface area contributed by atoms with Crippen LogP contribution in [0.4, 0.5) is 19.0 Å². The molecule has 0 fully saturated rings. The largest absolute Gasteiger partial charge is 0.416 e. The Morgan fingerprint density at radius 3 is 2.72 bits per heavy atom. The van der Waals surface area contributed by atoms with E-state index in [4.69, 9.17) is 6.42 Å². The lowest BCUT2D eigenvalue weighted by Gasteiger charge is -2.14. The van der Waals surface area contributed by atoms with Gasteiger partial charge in [0.15, 0.2) is 5.82 Å². The van der Waals surface area contributed by atoms with Gasteiger partial charge in [0.1, 0.15) is 5.82 Å². The topological polar surface area (TPSA) is 72.7 Å². The molecule has 0 atom stereocenters. The molecule has 3 rings (SSSR count). The molecule has 25 heavy (non-hydrogen) atoms. The van der Waals surface area contributed by atoms with E-state index < -0.39 is 17.4 Å². The van der Waals surface area contributed by atoms with Crippen molar-refractivity contribution < 1.29 is 13.2 Å². The Morgan fingerprint density at radius 2 is 2.08 bits per heavy atom. The highest BCUT2D eigenvalue weighted by Crippen LogP contribution is 2.32. The summed E-state index contributed by atoms with van der Waals surface area (Å²) in [6.45, 7) is 0.0672. The molecule has 0 aliphatic rings. The van der Waals surface area contributed by atoms with Crippen LogP contribution in [0.1, 0.15) is 5.56 Å². The van der Waals surface area contributed by atoms with Gasteiger partial charge < -0.3 is 5.32 Å². The summed E-state index contributed by atoms with van der Waals surface area (Å²) in [5.74, 6) is 2.49. The molecule has 1 aromatic carbocycles. The molecular weight excluding hydrogens is 335 g/mol. The molecule has 6 nitrogen and oxygen atoms in total. The van der Waals surface area contributed by atoms with Gasteiger partial charge in [0.2, 0.25) is 0 Å². The van der Waals surface area contributed by atoms with E-state index in [0.29, 0.717) is 5.39 Å². The van der Waals surface area contributed by atoms with E-state index in [1.807, 2.05) is 0 Å². The number of fused-ring (bicyclic) bond motifs is 1. The zero-order chi connectivity index (χ0) is 18.0.